The SMILES string of the molecule is CSCC(C)(O)CNC(=O)c1ccc(CBr)cc1. The number of benzene rings is 1. The van der Waals surface area contributed by atoms with Crippen molar-refractivity contribution in [3.8, 4) is 0 Å². The Hall–Kier alpha value is -0.520. The van der Waals surface area contributed by atoms with Gasteiger partial charge in [0.15, 0.2) is 0 Å². The highest BCUT2D eigenvalue weighted by atomic mass is 79.9. The molecule has 0 saturated carbocycles. The molecule has 0 heterocycles. The van der Waals surface area contributed by atoms with Crippen molar-refractivity contribution < 1.29 is 9.90 Å². The van der Waals surface area contributed by atoms with Crippen LogP contribution in [-0.4, -0.2) is 35.2 Å². The predicted octanol–water partition coefficient (Wildman–Crippen LogP) is 2.43. The fourth-order valence-corrected chi connectivity index (χ4v) is 2.58. The maximum atomic E-state index is 11.9. The van der Waals surface area contributed by atoms with Crippen molar-refractivity contribution in [2.75, 3.05) is 18.6 Å². The minimum absolute atomic E-state index is 0.155. The second kappa shape index (κ2) is 7.16. The van der Waals surface area contributed by atoms with Crippen molar-refractivity contribution in [1.29, 1.82) is 0 Å². The lowest BCUT2D eigenvalue weighted by Crippen LogP contribution is -2.42. The van der Waals surface area contributed by atoms with Crippen LogP contribution in [0.4, 0.5) is 0 Å². The number of alkyl halides is 1. The van der Waals surface area contributed by atoms with Gasteiger partial charge in [-0.15, -0.1) is 0 Å². The Bertz CT molecular complexity index is 392. The van der Waals surface area contributed by atoms with Crippen LogP contribution in [0.5, 0.6) is 0 Å². The van der Waals surface area contributed by atoms with Crippen LogP contribution in [0.3, 0.4) is 0 Å². The number of amides is 1. The second-order valence-electron chi connectivity index (χ2n) is 4.44. The topological polar surface area (TPSA) is 49.3 Å². The van der Waals surface area contributed by atoms with Crippen molar-refractivity contribution in [2.24, 2.45) is 0 Å². The monoisotopic (exact) mass is 331 g/mol. The summed E-state index contributed by atoms with van der Waals surface area (Å²) in [6.45, 7) is 1.98. The summed E-state index contributed by atoms with van der Waals surface area (Å²) < 4.78 is 0. The number of rotatable bonds is 6. The summed E-state index contributed by atoms with van der Waals surface area (Å²) in [5.74, 6) is 0.438. The number of hydrogen-bond donors (Lipinski definition) is 2. The lowest BCUT2D eigenvalue weighted by Gasteiger charge is -2.22. The van der Waals surface area contributed by atoms with Crippen LogP contribution in [0.2, 0.25) is 0 Å². The van der Waals surface area contributed by atoms with Crippen molar-refractivity contribution in [3.63, 3.8) is 0 Å². The lowest BCUT2D eigenvalue weighted by molar-refractivity contribution is 0.0725. The average molecular weight is 332 g/mol. The predicted molar refractivity (Wildman–Crippen MR) is 80.4 cm³/mol. The molecule has 1 aromatic rings. The Morgan fingerprint density at radius 3 is 2.56 bits per heavy atom. The summed E-state index contributed by atoms with van der Waals surface area (Å²) in [5, 5.41) is 13.5. The summed E-state index contributed by atoms with van der Waals surface area (Å²) in [6.07, 6.45) is 1.93. The van der Waals surface area contributed by atoms with Gasteiger partial charge in [-0.25, -0.2) is 0 Å². The van der Waals surface area contributed by atoms with E-state index in [2.05, 4.69) is 21.2 Å². The van der Waals surface area contributed by atoms with E-state index in [0.717, 1.165) is 10.9 Å². The highest BCUT2D eigenvalue weighted by Crippen LogP contribution is 2.10. The van der Waals surface area contributed by atoms with E-state index in [0.29, 0.717) is 11.3 Å². The van der Waals surface area contributed by atoms with Gasteiger partial charge in [-0.3, -0.25) is 4.79 Å². The van der Waals surface area contributed by atoms with E-state index in [4.69, 9.17) is 0 Å². The second-order valence-corrected chi connectivity index (χ2v) is 5.87. The minimum Gasteiger partial charge on any atom is -0.387 e. The van der Waals surface area contributed by atoms with Gasteiger partial charge in [-0.2, -0.15) is 11.8 Å². The normalized spacial score (nSPS) is 14.0. The number of carbonyl (C=O) groups excluding carboxylic acids is 1. The molecule has 0 bridgehead atoms. The number of aliphatic hydroxyl groups is 1. The van der Waals surface area contributed by atoms with Crippen LogP contribution in [0.15, 0.2) is 24.3 Å². The van der Waals surface area contributed by atoms with E-state index in [1.165, 1.54) is 0 Å². The fraction of sp³-hybridized carbons (Fsp3) is 0.462. The van der Waals surface area contributed by atoms with E-state index in [1.807, 2.05) is 18.4 Å². The summed E-state index contributed by atoms with van der Waals surface area (Å²) in [4.78, 5) is 11.9. The van der Waals surface area contributed by atoms with Crippen LogP contribution in [0.25, 0.3) is 0 Å². The number of hydrogen-bond acceptors (Lipinski definition) is 3. The van der Waals surface area contributed by atoms with Gasteiger partial charge in [-0.1, -0.05) is 28.1 Å². The zero-order chi connectivity index (χ0) is 13.6. The highest BCUT2D eigenvalue weighted by Gasteiger charge is 2.20. The van der Waals surface area contributed by atoms with Gasteiger partial charge >= 0.3 is 0 Å². The van der Waals surface area contributed by atoms with Crippen LogP contribution in [0.1, 0.15) is 22.8 Å². The molecule has 1 rings (SSSR count). The number of thioether (sulfide) groups is 1. The zero-order valence-corrected chi connectivity index (χ0v) is 13.0. The summed E-state index contributed by atoms with van der Waals surface area (Å²) in [5.41, 5.74) is 0.866. The van der Waals surface area contributed by atoms with E-state index in [-0.39, 0.29) is 12.5 Å². The molecule has 0 spiro atoms. The molecule has 18 heavy (non-hydrogen) atoms. The average Bonchev–Trinajstić information content (AvgIpc) is 2.36. The molecule has 1 unspecified atom stereocenters. The van der Waals surface area contributed by atoms with Gasteiger partial charge in [0.05, 0.1) is 5.60 Å². The van der Waals surface area contributed by atoms with Crippen molar-refractivity contribution in [1.82, 2.24) is 5.32 Å². The van der Waals surface area contributed by atoms with Gasteiger partial charge in [0.1, 0.15) is 0 Å². The van der Waals surface area contributed by atoms with Crippen molar-refractivity contribution >= 4 is 33.6 Å². The van der Waals surface area contributed by atoms with Gasteiger partial charge in [0, 0.05) is 23.2 Å². The minimum atomic E-state index is -0.870. The Balaban J connectivity index is 2.54. The first-order valence-corrected chi connectivity index (χ1v) is 8.14. The van der Waals surface area contributed by atoms with Gasteiger partial charge in [-0.05, 0) is 30.9 Å². The molecule has 2 N–H and O–H groups in total. The summed E-state index contributed by atoms with van der Waals surface area (Å²) in [7, 11) is 0. The molecule has 0 fully saturated rings. The molecule has 0 aliphatic heterocycles. The molecule has 0 radical (unpaired) electrons. The van der Waals surface area contributed by atoms with E-state index >= 15 is 0 Å². The molecule has 100 valence electrons. The Morgan fingerprint density at radius 1 is 1.44 bits per heavy atom. The molecule has 5 heteroatoms. The third kappa shape index (κ3) is 5.00. The summed E-state index contributed by atoms with van der Waals surface area (Å²) in [6, 6.07) is 7.39. The zero-order valence-electron chi connectivity index (χ0n) is 10.6. The van der Waals surface area contributed by atoms with Crippen molar-refractivity contribution in [2.45, 2.75) is 17.9 Å². The first-order chi connectivity index (χ1) is 8.48. The first kappa shape index (κ1) is 15.5. The molecule has 3 nitrogen and oxygen atoms in total. The Labute approximate surface area is 120 Å². The summed E-state index contributed by atoms with van der Waals surface area (Å²) >= 11 is 4.91. The largest absolute Gasteiger partial charge is 0.387 e. The van der Waals surface area contributed by atoms with Crippen LogP contribution in [-0.2, 0) is 5.33 Å². The fourth-order valence-electron chi connectivity index (χ4n) is 1.48. The number of nitrogens with one attached hydrogen (secondary N) is 1. The van der Waals surface area contributed by atoms with Gasteiger partial charge < -0.3 is 10.4 Å². The van der Waals surface area contributed by atoms with E-state index in [1.54, 1.807) is 30.8 Å². The smallest absolute Gasteiger partial charge is 0.251 e. The molecular formula is C13H18BrNO2S. The van der Waals surface area contributed by atoms with E-state index < -0.39 is 5.60 Å². The Morgan fingerprint density at radius 2 is 2.06 bits per heavy atom. The third-order valence-electron chi connectivity index (χ3n) is 2.46. The van der Waals surface area contributed by atoms with Crippen LogP contribution < -0.4 is 5.32 Å². The van der Waals surface area contributed by atoms with Crippen LogP contribution >= 0.6 is 27.7 Å². The third-order valence-corrected chi connectivity index (χ3v) is 4.01. The molecular weight excluding hydrogens is 314 g/mol. The first-order valence-electron chi connectivity index (χ1n) is 5.63. The van der Waals surface area contributed by atoms with Crippen LogP contribution in [0, 0.1) is 0 Å². The molecule has 1 atom stereocenters. The maximum absolute atomic E-state index is 11.9. The molecule has 0 aliphatic rings. The number of carbonyl (C=O) groups is 1. The molecule has 0 saturated heterocycles. The Kier molecular flexibility index (Phi) is 6.18. The van der Waals surface area contributed by atoms with E-state index in [9.17, 15) is 9.90 Å². The maximum Gasteiger partial charge on any atom is 0.251 e. The van der Waals surface area contributed by atoms with Gasteiger partial charge in [0.2, 0.25) is 0 Å². The quantitative estimate of drug-likeness (QED) is 0.787. The molecule has 0 aliphatic carbocycles. The highest BCUT2D eigenvalue weighted by molar-refractivity contribution is 9.08. The number of halogens is 1. The van der Waals surface area contributed by atoms with Gasteiger partial charge in [0.25, 0.3) is 5.91 Å². The van der Waals surface area contributed by atoms with Crippen molar-refractivity contribution in [3.05, 3.63) is 35.4 Å². The molecule has 0 aromatic heterocycles. The molecule has 1 aromatic carbocycles. The molecule has 1 amide bonds. The standard InChI is InChI=1S/C13H18BrNO2S/c1-13(17,9-18-2)8-15-12(16)11-5-3-10(7-14)4-6-11/h3-6,17H,7-9H2,1-2H3,(H,15,16). The lowest BCUT2D eigenvalue weighted by atomic mass is 10.1.